The molecule has 6 aliphatic rings. The second-order valence-corrected chi connectivity index (χ2v) is 11.3. The second kappa shape index (κ2) is 6.41. The molecule has 2 bridgehead atoms. The fourth-order valence-corrected chi connectivity index (χ4v) is 8.25. The molecule has 1 aromatic carbocycles. The first-order chi connectivity index (χ1) is 15.5. The Labute approximate surface area is 189 Å². The smallest absolute Gasteiger partial charge is 0.226 e. The molecule has 3 aliphatic heterocycles. The molecule has 1 spiro atoms. The van der Waals surface area contributed by atoms with Crippen molar-refractivity contribution in [2.45, 2.75) is 87.5 Å². The molecule has 172 valence electrons. The molecule has 2 unspecified atom stereocenters. The summed E-state index contributed by atoms with van der Waals surface area (Å²) in [6.07, 6.45) is 7.24. The summed E-state index contributed by atoms with van der Waals surface area (Å²) in [5.74, 6) is 1.89. The average molecular weight is 439 g/mol. The maximum Gasteiger partial charge on any atom is 0.226 e. The first-order valence-corrected chi connectivity index (χ1v) is 12.8. The fourth-order valence-electron chi connectivity index (χ4n) is 8.25. The van der Waals surface area contributed by atoms with Gasteiger partial charge in [0.2, 0.25) is 5.91 Å². The summed E-state index contributed by atoms with van der Waals surface area (Å²) in [5.41, 5.74) is 0.860. The molecule has 7 rings (SSSR count). The van der Waals surface area contributed by atoms with Gasteiger partial charge in [-0.25, -0.2) is 0 Å². The number of carbonyl (C=O) groups excluding carboxylic acids is 1. The lowest BCUT2D eigenvalue weighted by molar-refractivity contribution is -0.200. The summed E-state index contributed by atoms with van der Waals surface area (Å²) >= 11 is 0. The number of phenols is 1. The van der Waals surface area contributed by atoms with E-state index in [1.165, 1.54) is 18.4 Å². The Balaban J connectivity index is 1.35. The van der Waals surface area contributed by atoms with E-state index in [-0.39, 0.29) is 35.8 Å². The molecular weight excluding hydrogens is 404 g/mol. The zero-order chi connectivity index (χ0) is 21.8. The lowest BCUT2D eigenvalue weighted by Gasteiger charge is -2.64. The predicted octanol–water partition coefficient (Wildman–Crippen LogP) is 2.58. The minimum Gasteiger partial charge on any atom is -0.504 e. The summed E-state index contributed by atoms with van der Waals surface area (Å²) in [7, 11) is 0. The van der Waals surface area contributed by atoms with Gasteiger partial charge in [-0.15, -0.1) is 0 Å². The largest absolute Gasteiger partial charge is 0.504 e. The number of ether oxygens (including phenoxy) is 1. The molecular formula is C26H34N2O4. The number of hydrogen-bond donors (Lipinski definition) is 2. The molecule has 6 nitrogen and oxygen atoms in total. The van der Waals surface area contributed by atoms with E-state index in [2.05, 4.69) is 16.7 Å². The van der Waals surface area contributed by atoms with Gasteiger partial charge >= 0.3 is 0 Å². The number of piperidine rings is 1. The van der Waals surface area contributed by atoms with E-state index >= 15 is 0 Å². The van der Waals surface area contributed by atoms with E-state index in [4.69, 9.17) is 4.74 Å². The van der Waals surface area contributed by atoms with E-state index in [0.29, 0.717) is 12.2 Å². The average Bonchev–Trinajstić information content (AvgIpc) is 3.41. The van der Waals surface area contributed by atoms with Crippen LogP contribution in [0.25, 0.3) is 0 Å². The summed E-state index contributed by atoms with van der Waals surface area (Å²) in [4.78, 5) is 17.8. The van der Waals surface area contributed by atoms with E-state index < -0.39 is 11.0 Å². The third-order valence-corrected chi connectivity index (χ3v) is 9.98. The molecule has 1 aromatic rings. The summed E-state index contributed by atoms with van der Waals surface area (Å²) in [6.45, 7) is 4.91. The van der Waals surface area contributed by atoms with E-state index in [1.54, 1.807) is 6.07 Å². The normalized spacial score (nSPS) is 42.2. The number of hydrogen-bond acceptors (Lipinski definition) is 5. The highest BCUT2D eigenvalue weighted by Crippen LogP contribution is 2.66. The van der Waals surface area contributed by atoms with Crippen molar-refractivity contribution in [3.63, 3.8) is 0 Å². The van der Waals surface area contributed by atoms with Gasteiger partial charge in [0.25, 0.3) is 0 Å². The number of aliphatic hydroxyl groups is 1. The first kappa shape index (κ1) is 19.7. The van der Waals surface area contributed by atoms with Crippen molar-refractivity contribution in [1.82, 2.24) is 9.80 Å². The molecule has 3 aliphatic carbocycles. The molecule has 0 radical (unpaired) electrons. The van der Waals surface area contributed by atoms with Crippen molar-refractivity contribution in [1.29, 1.82) is 0 Å². The zero-order valence-corrected chi connectivity index (χ0v) is 18.9. The Morgan fingerprint density at radius 2 is 2.00 bits per heavy atom. The zero-order valence-electron chi connectivity index (χ0n) is 18.9. The van der Waals surface area contributed by atoms with Gasteiger partial charge in [0.1, 0.15) is 6.10 Å². The van der Waals surface area contributed by atoms with Gasteiger partial charge in [0, 0.05) is 30.6 Å². The maximum atomic E-state index is 13.2. The number of carbonyl (C=O) groups is 1. The van der Waals surface area contributed by atoms with Gasteiger partial charge in [-0.1, -0.05) is 13.0 Å². The Morgan fingerprint density at radius 3 is 2.75 bits per heavy atom. The van der Waals surface area contributed by atoms with Gasteiger partial charge in [-0.2, -0.15) is 0 Å². The second-order valence-electron chi connectivity index (χ2n) is 11.3. The Kier molecular flexibility index (Phi) is 3.94. The van der Waals surface area contributed by atoms with Crippen molar-refractivity contribution in [3.05, 3.63) is 23.3 Å². The van der Waals surface area contributed by atoms with Crippen molar-refractivity contribution in [2.75, 3.05) is 19.6 Å². The molecule has 2 saturated carbocycles. The topological polar surface area (TPSA) is 73.2 Å². The van der Waals surface area contributed by atoms with Crippen LogP contribution >= 0.6 is 0 Å². The van der Waals surface area contributed by atoms with Crippen LogP contribution in [0.15, 0.2) is 12.1 Å². The molecule has 6 heteroatoms. The summed E-state index contributed by atoms with van der Waals surface area (Å²) in [5, 5.41) is 23.3. The Hall–Kier alpha value is -1.79. The van der Waals surface area contributed by atoms with Gasteiger partial charge in [0.05, 0.1) is 17.1 Å². The lowest BCUT2D eigenvalue weighted by atomic mass is 9.48. The van der Waals surface area contributed by atoms with Crippen LogP contribution in [-0.2, 0) is 16.6 Å². The Bertz CT molecular complexity index is 992. The maximum absolute atomic E-state index is 13.2. The fraction of sp³-hybridized carbons (Fsp3) is 0.731. The highest BCUT2D eigenvalue weighted by atomic mass is 16.5. The number of likely N-dealkylation sites (tertiary alicyclic amines) is 2. The van der Waals surface area contributed by atoms with Crippen LogP contribution in [-0.4, -0.2) is 69.3 Å². The van der Waals surface area contributed by atoms with Crippen LogP contribution in [0.5, 0.6) is 11.5 Å². The quantitative estimate of drug-likeness (QED) is 0.756. The van der Waals surface area contributed by atoms with Crippen molar-refractivity contribution < 1.29 is 19.7 Å². The molecule has 2 N–H and O–H groups in total. The monoisotopic (exact) mass is 438 g/mol. The predicted molar refractivity (Wildman–Crippen MR) is 119 cm³/mol. The highest BCUT2D eigenvalue weighted by molar-refractivity contribution is 5.81. The Morgan fingerprint density at radius 1 is 1.16 bits per heavy atom. The van der Waals surface area contributed by atoms with Crippen molar-refractivity contribution in [2.24, 2.45) is 11.8 Å². The molecule has 0 aromatic heterocycles. The number of nitrogens with zero attached hydrogens (tertiary/aromatic N) is 2. The van der Waals surface area contributed by atoms with Gasteiger partial charge in [-0.3, -0.25) is 9.69 Å². The number of aromatic hydroxyl groups is 1. The third-order valence-electron chi connectivity index (χ3n) is 9.98. The molecule has 32 heavy (non-hydrogen) atoms. The number of rotatable bonds is 4. The van der Waals surface area contributed by atoms with Gasteiger partial charge < -0.3 is 19.8 Å². The minimum atomic E-state index is -0.875. The number of phenolic OH excluding ortho intramolecular Hbond substituents is 1. The minimum absolute atomic E-state index is 0.0345. The third kappa shape index (κ3) is 2.26. The molecule has 2 saturated heterocycles. The summed E-state index contributed by atoms with van der Waals surface area (Å²) < 4.78 is 6.62. The lowest BCUT2D eigenvalue weighted by Crippen LogP contribution is -2.78. The summed E-state index contributed by atoms with van der Waals surface area (Å²) in [6, 6.07) is 3.86. The molecule has 1 amide bonds. The number of amides is 1. The van der Waals surface area contributed by atoms with Crippen LogP contribution in [0.3, 0.4) is 0 Å². The van der Waals surface area contributed by atoms with Crippen LogP contribution in [0.1, 0.15) is 63.0 Å². The number of benzene rings is 1. The van der Waals surface area contributed by atoms with Crippen molar-refractivity contribution in [3.8, 4) is 11.5 Å². The highest BCUT2D eigenvalue weighted by Gasteiger charge is 2.73. The molecule has 6 atom stereocenters. The molecule has 3 heterocycles. The molecule has 4 fully saturated rings. The van der Waals surface area contributed by atoms with E-state index in [9.17, 15) is 15.0 Å². The van der Waals surface area contributed by atoms with E-state index in [0.717, 1.165) is 63.2 Å². The SMILES string of the molecule is CCC1CCN([C@H]2CCC3(O)[C@H]4Cc5ccc(O)c6c5[C@@]3(CCN4CC3CC3)[C@H]2O6)C1=O. The van der Waals surface area contributed by atoms with Crippen LogP contribution in [0.2, 0.25) is 0 Å². The van der Waals surface area contributed by atoms with Crippen molar-refractivity contribution >= 4 is 5.91 Å². The van der Waals surface area contributed by atoms with E-state index in [1.807, 2.05) is 6.07 Å². The first-order valence-electron chi connectivity index (χ1n) is 12.8. The van der Waals surface area contributed by atoms with Crippen LogP contribution in [0, 0.1) is 11.8 Å². The van der Waals surface area contributed by atoms with Crippen LogP contribution in [0.4, 0.5) is 0 Å². The standard InChI is InChI=1S/C26H34N2O4/c1-2-16-8-11-28(24(16)30)18-7-9-26(31)20-13-17-5-6-19(29)22-21(17)25(26,23(18)32-22)10-12-27(20)14-15-3-4-15/h5-6,15-16,18,20,23,29,31H,2-4,7-14H2,1H3/t16?,18-,20+,23-,25-,26?/m0/s1. The van der Waals surface area contributed by atoms with Gasteiger partial charge in [0.15, 0.2) is 11.5 Å². The van der Waals surface area contributed by atoms with Gasteiger partial charge in [-0.05, 0) is 75.5 Å². The van der Waals surface area contributed by atoms with Crippen LogP contribution < -0.4 is 4.74 Å².